The van der Waals surface area contributed by atoms with E-state index < -0.39 is 5.63 Å². The summed E-state index contributed by atoms with van der Waals surface area (Å²) in [5.74, 6) is -0.209. The van der Waals surface area contributed by atoms with Gasteiger partial charge in [-0.2, -0.15) is 0 Å². The van der Waals surface area contributed by atoms with Gasteiger partial charge in [0, 0.05) is 26.2 Å². The normalized spacial score (nSPS) is 9.86. The van der Waals surface area contributed by atoms with Crippen molar-refractivity contribution < 1.29 is 9.21 Å². The number of carbonyl (C=O) groups is 1. The number of amides is 1. The fourth-order valence-corrected chi connectivity index (χ4v) is 0.995. The van der Waals surface area contributed by atoms with Gasteiger partial charge in [0.15, 0.2) is 0 Å². The van der Waals surface area contributed by atoms with Crippen molar-refractivity contribution in [3.05, 3.63) is 34.4 Å². The van der Waals surface area contributed by atoms with Crippen LogP contribution in [0.25, 0.3) is 0 Å². The molecule has 0 unspecified atom stereocenters. The Kier molecular flexibility index (Phi) is 3.41. The molecule has 0 atom stereocenters. The number of nitrogens with two attached hydrogens (primary N) is 1. The Balaban J connectivity index is 2.79. The molecule has 0 bridgehead atoms. The van der Waals surface area contributed by atoms with Crippen molar-refractivity contribution in [3.8, 4) is 0 Å². The minimum atomic E-state index is -0.469. The largest absolute Gasteiger partial charge is 0.430 e. The summed E-state index contributed by atoms with van der Waals surface area (Å²) in [6.45, 7) is 0.872. The van der Waals surface area contributed by atoms with E-state index in [2.05, 4.69) is 4.42 Å². The summed E-state index contributed by atoms with van der Waals surface area (Å²) in [7, 11) is 1.64. The fourth-order valence-electron chi connectivity index (χ4n) is 0.995. The van der Waals surface area contributed by atoms with Gasteiger partial charge in [-0.15, -0.1) is 0 Å². The smallest absolute Gasteiger partial charge is 0.335 e. The van der Waals surface area contributed by atoms with Crippen molar-refractivity contribution in [1.29, 1.82) is 0 Å². The first-order valence-electron chi connectivity index (χ1n) is 4.19. The molecule has 0 aliphatic rings. The zero-order valence-electron chi connectivity index (χ0n) is 7.90. The molecule has 0 spiro atoms. The molecule has 1 rings (SSSR count). The Bertz CT molecular complexity index is 352. The van der Waals surface area contributed by atoms with E-state index >= 15 is 0 Å². The van der Waals surface area contributed by atoms with E-state index in [4.69, 9.17) is 5.73 Å². The average molecular weight is 196 g/mol. The van der Waals surface area contributed by atoms with Gasteiger partial charge in [0.25, 0.3) is 5.91 Å². The zero-order chi connectivity index (χ0) is 10.6. The molecule has 0 fully saturated rings. The highest BCUT2D eigenvalue weighted by molar-refractivity contribution is 5.93. The van der Waals surface area contributed by atoms with Crippen LogP contribution < -0.4 is 11.4 Å². The van der Waals surface area contributed by atoms with Gasteiger partial charge in [-0.05, 0) is 6.07 Å². The Labute approximate surface area is 81.1 Å². The molecule has 0 saturated heterocycles. The molecule has 5 heteroatoms. The van der Waals surface area contributed by atoms with Gasteiger partial charge in [0.2, 0.25) is 0 Å². The number of nitrogens with zero attached hydrogens (tertiary/aromatic N) is 1. The Hall–Kier alpha value is -1.62. The van der Waals surface area contributed by atoms with Gasteiger partial charge in [-0.1, -0.05) is 0 Å². The SMILES string of the molecule is CN(CCN)C(=O)c1ccc(=O)oc1. The second kappa shape index (κ2) is 4.57. The van der Waals surface area contributed by atoms with E-state index in [1.807, 2.05) is 0 Å². The van der Waals surface area contributed by atoms with E-state index in [0.29, 0.717) is 18.7 Å². The molecule has 1 aromatic heterocycles. The third-order valence-corrected chi connectivity index (χ3v) is 1.76. The van der Waals surface area contributed by atoms with Gasteiger partial charge in [0.05, 0.1) is 5.56 Å². The molecule has 1 heterocycles. The van der Waals surface area contributed by atoms with E-state index in [9.17, 15) is 9.59 Å². The number of carbonyl (C=O) groups excluding carboxylic acids is 1. The molecule has 76 valence electrons. The summed E-state index contributed by atoms with van der Waals surface area (Å²) in [5.41, 5.74) is 5.18. The molecule has 1 amide bonds. The summed E-state index contributed by atoms with van der Waals surface area (Å²) in [4.78, 5) is 23.7. The standard InChI is InChI=1S/C9H12N2O3/c1-11(5-4-10)9(13)7-2-3-8(12)14-6-7/h2-3,6H,4-5,10H2,1H3. The molecule has 5 nitrogen and oxygen atoms in total. The van der Waals surface area contributed by atoms with Gasteiger partial charge in [-0.25, -0.2) is 4.79 Å². The topological polar surface area (TPSA) is 76.5 Å². The highest BCUT2D eigenvalue weighted by atomic mass is 16.4. The van der Waals surface area contributed by atoms with E-state index in [1.165, 1.54) is 17.0 Å². The van der Waals surface area contributed by atoms with Crippen LogP contribution in [0.2, 0.25) is 0 Å². The Morgan fingerprint density at radius 2 is 2.29 bits per heavy atom. The molecule has 0 radical (unpaired) electrons. The first-order chi connectivity index (χ1) is 6.65. The summed E-state index contributed by atoms with van der Waals surface area (Å²) in [6.07, 6.45) is 1.15. The summed E-state index contributed by atoms with van der Waals surface area (Å²) >= 11 is 0. The van der Waals surface area contributed by atoms with Crippen LogP contribution in [0.4, 0.5) is 0 Å². The third-order valence-electron chi connectivity index (χ3n) is 1.76. The van der Waals surface area contributed by atoms with Crippen LogP contribution in [-0.2, 0) is 0 Å². The van der Waals surface area contributed by atoms with Crippen LogP contribution in [0.1, 0.15) is 10.4 Å². The number of likely N-dealkylation sites (N-methyl/N-ethyl adjacent to an activating group) is 1. The zero-order valence-corrected chi connectivity index (χ0v) is 7.90. The lowest BCUT2D eigenvalue weighted by atomic mass is 10.2. The predicted molar refractivity (Wildman–Crippen MR) is 51.0 cm³/mol. The van der Waals surface area contributed by atoms with Gasteiger partial charge in [-0.3, -0.25) is 4.79 Å². The van der Waals surface area contributed by atoms with Gasteiger partial charge in [0.1, 0.15) is 6.26 Å². The lowest BCUT2D eigenvalue weighted by Gasteiger charge is -2.14. The maximum Gasteiger partial charge on any atom is 0.335 e. The van der Waals surface area contributed by atoms with E-state index in [1.54, 1.807) is 7.05 Å². The molecule has 0 saturated carbocycles. The quantitative estimate of drug-likeness (QED) is 0.718. The summed E-state index contributed by atoms with van der Waals surface area (Å²) in [5, 5.41) is 0. The van der Waals surface area contributed by atoms with Gasteiger partial charge < -0.3 is 15.1 Å². The van der Waals surface area contributed by atoms with Crippen LogP contribution in [0.5, 0.6) is 0 Å². The second-order valence-electron chi connectivity index (χ2n) is 2.86. The van der Waals surface area contributed by atoms with Crippen LogP contribution >= 0.6 is 0 Å². The van der Waals surface area contributed by atoms with Crippen LogP contribution in [0, 0.1) is 0 Å². The minimum absolute atomic E-state index is 0.209. The van der Waals surface area contributed by atoms with Crippen molar-refractivity contribution in [2.45, 2.75) is 0 Å². The number of hydrogen-bond donors (Lipinski definition) is 1. The fraction of sp³-hybridized carbons (Fsp3) is 0.333. The molecule has 1 aromatic rings. The molecular weight excluding hydrogens is 184 g/mol. The van der Waals surface area contributed by atoms with Crippen LogP contribution in [0.15, 0.2) is 27.6 Å². The monoisotopic (exact) mass is 196 g/mol. The molecular formula is C9H12N2O3. The van der Waals surface area contributed by atoms with Crippen LogP contribution in [0.3, 0.4) is 0 Å². The number of rotatable bonds is 3. The first kappa shape index (κ1) is 10.5. The lowest BCUT2D eigenvalue weighted by molar-refractivity contribution is 0.0796. The first-order valence-corrected chi connectivity index (χ1v) is 4.19. The lowest BCUT2D eigenvalue weighted by Crippen LogP contribution is -2.31. The van der Waals surface area contributed by atoms with E-state index in [-0.39, 0.29) is 5.91 Å². The summed E-state index contributed by atoms with van der Waals surface area (Å²) < 4.78 is 4.57. The molecule has 0 aliphatic carbocycles. The molecule has 0 aliphatic heterocycles. The average Bonchev–Trinajstić information content (AvgIpc) is 2.18. The highest BCUT2D eigenvalue weighted by Gasteiger charge is 2.10. The molecule has 0 aromatic carbocycles. The van der Waals surface area contributed by atoms with Crippen molar-refractivity contribution in [2.75, 3.05) is 20.1 Å². The van der Waals surface area contributed by atoms with Crippen LogP contribution in [-0.4, -0.2) is 30.9 Å². The minimum Gasteiger partial charge on any atom is -0.430 e. The Morgan fingerprint density at radius 3 is 2.79 bits per heavy atom. The van der Waals surface area contributed by atoms with Crippen molar-refractivity contribution in [3.63, 3.8) is 0 Å². The molecule has 2 N–H and O–H groups in total. The van der Waals surface area contributed by atoms with Crippen molar-refractivity contribution in [2.24, 2.45) is 5.73 Å². The Morgan fingerprint density at radius 1 is 1.57 bits per heavy atom. The van der Waals surface area contributed by atoms with Crippen molar-refractivity contribution >= 4 is 5.91 Å². The highest BCUT2D eigenvalue weighted by Crippen LogP contribution is 1.99. The third kappa shape index (κ3) is 2.43. The second-order valence-corrected chi connectivity index (χ2v) is 2.86. The summed E-state index contributed by atoms with van der Waals surface area (Å²) in [6, 6.07) is 2.64. The maximum atomic E-state index is 11.6. The van der Waals surface area contributed by atoms with E-state index in [0.717, 1.165) is 6.26 Å². The van der Waals surface area contributed by atoms with Crippen molar-refractivity contribution in [1.82, 2.24) is 4.90 Å². The van der Waals surface area contributed by atoms with Gasteiger partial charge >= 0.3 is 5.63 Å². The maximum absolute atomic E-state index is 11.6. The predicted octanol–water partition coefficient (Wildman–Crippen LogP) is -0.330. The molecule has 14 heavy (non-hydrogen) atoms. The number of hydrogen-bond acceptors (Lipinski definition) is 4.